The van der Waals surface area contributed by atoms with Crippen molar-refractivity contribution in [1.29, 1.82) is 5.26 Å². The Morgan fingerprint density at radius 2 is 1.76 bits per heavy atom. The molecular weight excluding hydrogens is 545 g/mol. The highest BCUT2D eigenvalue weighted by Crippen LogP contribution is 2.28. The van der Waals surface area contributed by atoms with Gasteiger partial charge in [-0.3, -0.25) is 4.79 Å². The highest BCUT2D eigenvalue weighted by Gasteiger charge is 2.18. The van der Waals surface area contributed by atoms with Gasteiger partial charge in [0.25, 0.3) is 0 Å². The lowest BCUT2D eigenvalue weighted by atomic mass is 10.0. The number of nitrogens with zero attached hydrogens (tertiary/aromatic N) is 4. The molecule has 0 saturated heterocycles. The van der Waals surface area contributed by atoms with Crippen molar-refractivity contribution in [3.8, 4) is 23.2 Å². The van der Waals surface area contributed by atoms with Gasteiger partial charge in [-0.05, 0) is 61.0 Å². The summed E-state index contributed by atoms with van der Waals surface area (Å²) in [5, 5.41) is 8.90. The molecule has 0 atom stereocenters. The number of pyridine rings is 1. The van der Waals surface area contributed by atoms with Gasteiger partial charge < -0.3 is 14.0 Å². The van der Waals surface area contributed by atoms with Crippen LogP contribution in [0.5, 0.6) is 5.88 Å². The van der Waals surface area contributed by atoms with Gasteiger partial charge in [-0.1, -0.05) is 12.1 Å². The molecule has 3 aromatic carbocycles. The maximum Gasteiger partial charge on any atom is 0.214 e. The number of fused-ring (bicyclic) bond motifs is 1. The van der Waals surface area contributed by atoms with Crippen molar-refractivity contribution in [2.24, 2.45) is 0 Å². The van der Waals surface area contributed by atoms with Gasteiger partial charge in [-0.25, -0.2) is 23.1 Å². The molecule has 2 aromatic heterocycles. The first-order valence-electron chi connectivity index (χ1n) is 13.0. The van der Waals surface area contributed by atoms with Crippen molar-refractivity contribution in [3.05, 3.63) is 112 Å². The lowest BCUT2D eigenvalue weighted by molar-refractivity contribution is 0.101. The van der Waals surface area contributed by atoms with E-state index in [-0.39, 0.29) is 52.6 Å². The van der Waals surface area contributed by atoms with Crippen molar-refractivity contribution in [2.75, 3.05) is 13.7 Å². The van der Waals surface area contributed by atoms with Crippen LogP contribution in [0.15, 0.2) is 66.7 Å². The Labute approximate surface area is 239 Å². The van der Waals surface area contributed by atoms with Crippen molar-refractivity contribution in [3.63, 3.8) is 0 Å². The number of nitriles is 1. The number of benzene rings is 3. The van der Waals surface area contributed by atoms with Gasteiger partial charge >= 0.3 is 0 Å². The van der Waals surface area contributed by atoms with Crippen LogP contribution in [0.1, 0.15) is 39.8 Å². The lowest BCUT2D eigenvalue weighted by Crippen LogP contribution is -2.10. The molecule has 0 spiro atoms. The molecule has 7 nitrogen and oxygen atoms in total. The molecule has 0 bridgehead atoms. The predicted octanol–water partition coefficient (Wildman–Crippen LogP) is 6.41. The first-order chi connectivity index (χ1) is 20.3. The van der Waals surface area contributed by atoms with Crippen LogP contribution in [0, 0.1) is 28.8 Å². The molecule has 5 aromatic rings. The fourth-order valence-corrected chi connectivity index (χ4v) is 4.58. The molecule has 0 aliphatic rings. The zero-order chi connectivity index (χ0) is 29.8. The van der Waals surface area contributed by atoms with E-state index in [1.165, 1.54) is 31.2 Å². The van der Waals surface area contributed by atoms with Crippen molar-refractivity contribution in [1.82, 2.24) is 14.5 Å². The molecule has 0 radical (unpaired) electrons. The summed E-state index contributed by atoms with van der Waals surface area (Å²) in [6.45, 7) is 2.08. The van der Waals surface area contributed by atoms with Crippen LogP contribution in [0.25, 0.3) is 22.3 Å². The molecule has 0 unspecified atom stereocenters. The van der Waals surface area contributed by atoms with Gasteiger partial charge in [0, 0.05) is 42.8 Å². The highest BCUT2D eigenvalue weighted by atomic mass is 19.1. The van der Waals surface area contributed by atoms with E-state index in [1.807, 2.05) is 10.6 Å². The molecule has 0 fully saturated rings. The maximum atomic E-state index is 15.4. The molecule has 0 amide bonds. The number of ether oxygens (including phenoxy) is 2. The number of carbonyl (C=O) groups is 1. The molecule has 212 valence electrons. The summed E-state index contributed by atoms with van der Waals surface area (Å²) in [5.41, 5.74) is 2.43. The van der Waals surface area contributed by atoms with Crippen molar-refractivity contribution in [2.45, 2.75) is 26.5 Å². The van der Waals surface area contributed by atoms with Crippen LogP contribution in [-0.2, 0) is 24.3 Å². The van der Waals surface area contributed by atoms with Gasteiger partial charge in [0.15, 0.2) is 5.78 Å². The van der Waals surface area contributed by atoms with E-state index in [1.54, 1.807) is 31.4 Å². The van der Waals surface area contributed by atoms with E-state index in [9.17, 15) is 9.18 Å². The molecule has 0 saturated carbocycles. The molecule has 0 N–H and O–H groups in total. The SMILES string of the molecule is COCCn1c(Cc2cc(F)c(-c3cccc(OCc4ccc(C#N)cc4F)n3)cc2F)nc2ccc(C(C)=O)cc21. The number of imidazole rings is 1. The number of carbonyl (C=O) groups excluding carboxylic acids is 1. The first-order valence-corrected chi connectivity index (χ1v) is 13.0. The van der Waals surface area contributed by atoms with Gasteiger partial charge in [0.05, 0.1) is 35.0 Å². The summed E-state index contributed by atoms with van der Waals surface area (Å²) >= 11 is 0. The van der Waals surface area contributed by atoms with Crippen LogP contribution < -0.4 is 4.74 Å². The Morgan fingerprint density at radius 1 is 0.952 bits per heavy atom. The van der Waals surface area contributed by atoms with Crippen LogP contribution >= 0.6 is 0 Å². The van der Waals surface area contributed by atoms with E-state index in [4.69, 9.17) is 14.7 Å². The van der Waals surface area contributed by atoms with Gasteiger partial charge in [-0.15, -0.1) is 0 Å². The smallest absolute Gasteiger partial charge is 0.214 e. The molecule has 10 heteroatoms. The van der Waals surface area contributed by atoms with E-state index in [2.05, 4.69) is 9.97 Å². The van der Waals surface area contributed by atoms with E-state index < -0.39 is 17.5 Å². The Morgan fingerprint density at radius 3 is 2.50 bits per heavy atom. The summed E-state index contributed by atoms with van der Waals surface area (Å²) in [6, 6.07) is 17.9. The Balaban J connectivity index is 1.40. The molecule has 0 aliphatic heterocycles. The monoisotopic (exact) mass is 570 g/mol. The summed E-state index contributed by atoms with van der Waals surface area (Å²) in [4.78, 5) is 20.8. The second-order valence-electron chi connectivity index (χ2n) is 9.60. The Hall–Kier alpha value is -5.01. The second kappa shape index (κ2) is 12.2. The third-order valence-corrected chi connectivity index (χ3v) is 6.79. The largest absolute Gasteiger partial charge is 0.473 e. The number of hydrogen-bond acceptors (Lipinski definition) is 6. The van der Waals surface area contributed by atoms with Gasteiger partial charge in [-0.2, -0.15) is 5.26 Å². The first kappa shape index (κ1) is 28.5. The number of rotatable bonds is 10. The lowest BCUT2D eigenvalue weighted by Gasteiger charge is -2.12. The fraction of sp³-hybridized carbons (Fsp3) is 0.188. The molecular formula is C32H25F3N4O3. The molecule has 2 heterocycles. The quantitative estimate of drug-likeness (QED) is 0.180. The summed E-state index contributed by atoms with van der Waals surface area (Å²) in [5.74, 6) is -1.43. The highest BCUT2D eigenvalue weighted by molar-refractivity contribution is 5.97. The van der Waals surface area contributed by atoms with Crippen LogP contribution in [0.3, 0.4) is 0 Å². The molecule has 42 heavy (non-hydrogen) atoms. The Bertz CT molecular complexity index is 1850. The van der Waals surface area contributed by atoms with E-state index in [0.29, 0.717) is 35.6 Å². The van der Waals surface area contributed by atoms with Crippen LogP contribution in [-0.4, -0.2) is 34.0 Å². The van der Waals surface area contributed by atoms with Crippen LogP contribution in [0.4, 0.5) is 13.2 Å². The topological polar surface area (TPSA) is 90.0 Å². The summed E-state index contributed by atoms with van der Waals surface area (Å²) in [7, 11) is 1.56. The van der Waals surface area contributed by atoms with Gasteiger partial charge in [0.2, 0.25) is 5.88 Å². The zero-order valence-corrected chi connectivity index (χ0v) is 22.8. The standard InChI is InChI=1S/C32H25F3N4O3/c1-19(40)21-8-9-29-30(14-21)39(10-11-41-2)31(37-29)15-23-13-27(35)24(16-26(23)34)28-4-3-5-32(38-28)42-18-22-7-6-20(17-36)12-25(22)33/h3-9,12-14,16H,10-11,15,18H2,1-2H3. The number of methoxy groups -OCH3 is 1. The summed E-state index contributed by atoms with van der Waals surface area (Å²) in [6.07, 6.45) is 0.00354. The normalized spacial score (nSPS) is 11.0. The second-order valence-corrected chi connectivity index (χ2v) is 9.60. The third-order valence-electron chi connectivity index (χ3n) is 6.79. The number of halogens is 3. The Kier molecular flexibility index (Phi) is 8.31. The minimum atomic E-state index is -0.687. The number of Topliss-reactive ketones (excluding diaryl/α,β-unsaturated/α-hetero) is 1. The average molecular weight is 571 g/mol. The fourth-order valence-electron chi connectivity index (χ4n) is 4.58. The van der Waals surface area contributed by atoms with Gasteiger partial charge in [0.1, 0.15) is 29.9 Å². The van der Waals surface area contributed by atoms with Crippen molar-refractivity contribution >= 4 is 16.8 Å². The number of hydrogen-bond donors (Lipinski definition) is 0. The summed E-state index contributed by atoms with van der Waals surface area (Å²) < 4.78 is 57.6. The minimum Gasteiger partial charge on any atom is -0.473 e. The average Bonchev–Trinajstić information content (AvgIpc) is 3.33. The zero-order valence-electron chi connectivity index (χ0n) is 22.8. The van der Waals surface area contributed by atoms with Crippen molar-refractivity contribution < 1.29 is 27.4 Å². The molecule has 0 aliphatic carbocycles. The number of ketones is 1. The maximum absolute atomic E-state index is 15.4. The number of aromatic nitrogens is 3. The van der Waals surface area contributed by atoms with E-state index >= 15 is 8.78 Å². The van der Waals surface area contributed by atoms with E-state index in [0.717, 1.165) is 18.2 Å². The third kappa shape index (κ3) is 6.01. The minimum absolute atomic E-state index is 0.00354. The molecule has 5 rings (SSSR count). The van der Waals surface area contributed by atoms with Crippen LogP contribution in [0.2, 0.25) is 0 Å². The predicted molar refractivity (Wildman–Crippen MR) is 149 cm³/mol.